The number of esters is 1. The van der Waals surface area contributed by atoms with Crippen molar-refractivity contribution in [1.82, 2.24) is 0 Å². The first-order valence-corrected chi connectivity index (χ1v) is 3.73. The van der Waals surface area contributed by atoms with E-state index in [4.69, 9.17) is 5.11 Å². The fourth-order valence-electron chi connectivity index (χ4n) is 0.581. The maximum atomic E-state index is 10.8. The fourth-order valence-corrected chi connectivity index (χ4v) is 0.581. The van der Waals surface area contributed by atoms with Crippen molar-refractivity contribution in [3.8, 4) is 0 Å². The summed E-state index contributed by atoms with van der Waals surface area (Å²) in [6.45, 7) is 4.36. The Kier molecular flexibility index (Phi) is 8.45. The molecule has 0 rings (SSSR count). The predicted molar refractivity (Wildman–Crippen MR) is 46.5 cm³/mol. The van der Waals surface area contributed by atoms with Gasteiger partial charge in [0.05, 0.1) is 11.9 Å². The third-order valence-electron chi connectivity index (χ3n) is 1.34. The van der Waals surface area contributed by atoms with Gasteiger partial charge in [0.2, 0.25) is 0 Å². The quantitative estimate of drug-likeness (QED) is 0.301. The number of carboxylic acids is 2. The third-order valence-corrected chi connectivity index (χ3v) is 1.34. The van der Waals surface area contributed by atoms with Crippen LogP contribution in [0.5, 0.6) is 0 Å². The van der Waals surface area contributed by atoms with Gasteiger partial charge in [-0.25, -0.2) is 4.79 Å². The second-order valence-corrected chi connectivity index (χ2v) is 2.69. The van der Waals surface area contributed by atoms with E-state index in [1.807, 2.05) is 0 Å². The molecule has 0 aliphatic rings. The molecule has 0 bridgehead atoms. The first-order valence-electron chi connectivity index (χ1n) is 3.73. The van der Waals surface area contributed by atoms with Gasteiger partial charge in [0, 0.05) is 5.57 Å². The van der Waals surface area contributed by atoms with Gasteiger partial charge in [-0.3, -0.25) is 0 Å². The van der Waals surface area contributed by atoms with Crippen molar-refractivity contribution < 1.29 is 34.4 Å². The van der Waals surface area contributed by atoms with Crippen LogP contribution in [-0.4, -0.2) is 73.0 Å². The number of aliphatic carboxylic acids is 2. The summed E-state index contributed by atoms with van der Waals surface area (Å²) in [6.07, 6.45) is -4.81. The normalized spacial score (nSPS) is 12.9. The van der Waals surface area contributed by atoms with Crippen LogP contribution in [0.25, 0.3) is 0 Å². The van der Waals surface area contributed by atoms with Crippen molar-refractivity contribution >= 4 is 55.6 Å². The maximum Gasteiger partial charge on any atom is 2.00 e. The van der Waals surface area contributed by atoms with Crippen LogP contribution in [-0.2, 0) is 19.1 Å². The molecule has 84 valence electrons. The largest absolute Gasteiger partial charge is 2.00 e. The number of carbonyl (C=O) groups excluding carboxylic acids is 3. The number of aliphatic hydroxyl groups is 1. The Morgan fingerprint density at radius 3 is 1.94 bits per heavy atom. The summed E-state index contributed by atoms with van der Waals surface area (Å²) >= 11 is 0. The van der Waals surface area contributed by atoms with Gasteiger partial charge in [-0.1, -0.05) is 6.58 Å². The van der Waals surface area contributed by atoms with Crippen LogP contribution in [0.15, 0.2) is 12.2 Å². The molecule has 0 heterocycles. The minimum Gasteiger partial charge on any atom is -0.547 e. The predicted octanol–water partition coefficient (Wildman–Crippen LogP) is -4.05. The van der Waals surface area contributed by atoms with Crippen LogP contribution in [0.4, 0.5) is 0 Å². The zero-order valence-electron chi connectivity index (χ0n) is 8.47. The maximum absolute atomic E-state index is 10.8. The molecule has 0 saturated heterocycles. The summed E-state index contributed by atoms with van der Waals surface area (Å²) in [4.78, 5) is 31.3. The minimum atomic E-state index is -2.49. The summed E-state index contributed by atoms with van der Waals surface area (Å²) < 4.78 is 4.13. The molecule has 7 nitrogen and oxygen atoms in total. The molecular formula is C8H8CaO7. The number of carboxylic acid groups (broad SMARTS) is 2. The van der Waals surface area contributed by atoms with E-state index in [0.29, 0.717) is 0 Å². The van der Waals surface area contributed by atoms with Crippen molar-refractivity contribution in [2.45, 2.75) is 19.1 Å². The van der Waals surface area contributed by atoms with Gasteiger partial charge in [0.15, 0.2) is 6.10 Å². The van der Waals surface area contributed by atoms with E-state index in [2.05, 4.69) is 11.3 Å². The van der Waals surface area contributed by atoms with Gasteiger partial charge >= 0.3 is 43.7 Å². The molecule has 2 unspecified atom stereocenters. The number of aliphatic hydroxyl groups excluding tert-OH is 1. The summed E-state index contributed by atoms with van der Waals surface area (Å²) in [6, 6.07) is 0. The monoisotopic (exact) mass is 256 g/mol. The minimum absolute atomic E-state index is 0. The van der Waals surface area contributed by atoms with E-state index in [9.17, 15) is 24.6 Å². The Balaban J connectivity index is 0. The number of hydrogen-bond acceptors (Lipinski definition) is 7. The van der Waals surface area contributed by atoms with E-state index in [-0.39, 0.29) is 43.3 Å². The molecule has 0 aromatic carbocycles. The number of carbonyl (C=O) groups is 3. The summed E-state index contributed by atoms with van der Waals surface area (Å²) in [5, 5.41) is 29.3. The Bertz CT molecular complexity index is 312. The molecule has 8 heteroatoms. The van der Waals surface area contributed by atoms with Gasteiger partial charge in [0.25, 0.3) is 0 Å². The fraction of sp³-hybridized carbons (Fsp3) is 0.375. The van der Waals surface area contributed by atoms with Gasteiger partial charge < -0.3 is 29.6 Å². The van der Waals surface area contributed by atoms with E-state index in [1.165, 1.54) is 6.92 Å². The SMILES string of the molecule is C=C(C)C(=O)OC(C(=O)[O-])C(O)C(=O)[O-].[Ca+2]. The third kappa shape index (κ3) is 5.45. The van der Waals surface area contributed by atoms with Gasteiger partial charge in [-0.2, -0.15) is 0 Å². The topological polar surface area (TPSA) is 127 Å². The van der Waals surface area contributed by atoms with Gasteiger partial charge in [-0.15, -0.1) is 0 Å². The summed E-state index contributed by atoms with van der Waals surface area (Å²) in [7, 11) is 0. The Morgan fingerprint density at radius 1 is 1.25 bits per heavy atom. The average Bonchev–Trinajstić information content (AvgIpc) is 2.11. The second-order valence-electron chi connectivity index (χ2n) is 2.69. The summed E-state index contributed by atoms with van der Waals surface area (Å²) in [5.41, 5.74) is -0.146. The molecule has 0 aliphatic carbocycles. The Hall–Kier alpha value is -0.630. The van der Waals surface area contributed by atoms with Crippen LogP contribution >= 0.6 is 0 Å². The molecule has 0 amide bonds. The van der Waals surface area contributed by atoms with E-state index in [0.717, 1.165) is 0 Å². The zero-order chi connectivity index (χ0) is 12.2. The molecule has 2 atom stereocenters. The van der Waals surface area contributed by atoms with E-state index in [1.54, 1.807) is 0 Å². The van der Waals surface area contributed by atoms with Crippen LogP contribution in [0.3, 0.4) is 0 Å². The number of hydrogen-bond donors (Lipinski definition) is 1. The van der Waals surface area contributed by atoms with Crippen molar-refractivity contribution in [1.29, 1.82) is 0 Å². The molecule has 0 aliphatic heterocycles. The van der Waals surface area contributed by atoms with Crippen LogP contribution in [0.2, 0.25) is 0 Å². The molecule has 0 aromatic heterocycles. The first kappa shape index (κ1) is 17.8. The van der Waals surface area contributed by atoms with E-state index >= 15 is 0 Å². The first-order chi connectivity index (χ1) is 6.77. The number of ether oxygens (including phenoxy) is 1. The summed E-state index contributed by atoms with van der Waals surface area (Å²) in [5.74, 6) is -5.27. The number of rotatable bonds is 5. The molecule has 0 aromatic rings. The van der Waals surface area contributed by atoms with Gasteiger partial charge in [-0.05, 0) is 6.92 Å². The molecule has 16 heavy (non-hydrogen) atoms. The van der Waals surface area contributed by atoms with Crippen LogP contribution in [0.1, 0.15) is 6.92 Å². The van der Waals surface area contributed by atoms with Crippen LogP contribution < -0.4 is 10.2 Å². The molecular weight excluding hydrogens is 248 g/mol. The smallest absolute Gasteiger partial charge is 0.547 e. The average molecular weight is 256 g/mol. The molecule has 0 fully saturated rings. The zero-order valence-corrected chi connectivity index (χ0v) is 10.7. The van der Waals surface area contributed by atoms with Crippen molar-refractivity contribution in [3.05, 3.63) is 12.2 Å². The standard InChI is InChI=1S/C8H10O7.Ca/c1-3(2)8(14)15-5(7(12)13)4(9)6(10)11;/h4-5,9H,1H2,2H3,(H,10,11)(H,12,13);/q;+2/p-2. The van der Waals surface area contributed by atoms with Crippen molar-refractivity contribution in [3.63, 3.8) is 0 Å². The van der Waals surface area contributed by atoms with Crippen molar-refractivity contribution in [2.75, 3.05) is 0 Å². The Morgan fingerprint density at radius 2 is 1.69 bits per heavy atom. The van der Waals surface area contributed by atoms with E-state index < -0.39 is 30.1 Å². The molecule has 1 N–H and O–H groups in total. The molecule has 0 spiro atoms. The molecule has 0 radical (unpaired) electrons. The van der Waals surface area contributed by atoms with Crippen molar-refractivity contribution in [2.24, 2.45) is 0 Å². The molecule has 0 saturated carbocycles. The second kappa shape index (κ2) is 7.61. The van der Waals surface area contributed by atoms with Crippen LogP contribution in [0, 0.1) is 0 Å². The Labute approximate surface area is 121 Å². The van der Waals surface area contributed by atoms with Gasteiger partial charge in [0.1, 0.15) is 6.10 Å².